The Morgan fingerprint density at radius 2 is 0.902 bits per heavy atom. The SMILES string of the molecule is C[Si](C)(CCCOCCOC(=O)CCCCCO)O[Si](C)(C)O[Si](C)(C)CCCOCCOC(=O)CCCCCO. The number of rotatable bonds is 28. The van der Waals surface area contributed by atoms with E-state index in [0.29, 0.717) is 39.3 Å². The lowest BCUT2D eigenvalue weighted by Gasteiger charge is -2.38. The Kier molecular flexibility index (Phi) is 23.4. The molecule has 0 saturated heterocycles. The van der Waals surface area contributed by atoms with Gasteiger partial charge in [-0.1, -0.05) is 12.8 Å². The first-order valence-corrected chi connectivity index (χ1v) is 24.5. The highest BCUT2D eigenvalue weighted by Crippen LogP contribution is 2.26. The van der Waals surface area contributed by atoms with Gasteiger partial charge in [-0.25, -0.2) is 0 Å². The molecule has 0 amide bonds. The van der Waals surface area contributed by atoms with Crippen LogP contribution in [0.25, 0.3) is 0 Å². The molecule has 10 nitrogen and oxygen atoms in total. The van der Waals surface area contributed by atoms with Gasteiger partial charge in [0, 0.05) is 39.3 Å². The van der Waals surface area contributed by atoms with Crippen molar-refractivity contribution < 1.29 is 47.0 Å². The van der Waals surface area contributed by atoms with Gasteiger partial charge in [0.05, 0.1) is 13.2 Å². The minimum absolute atomic E-state index is 0.161. The Morgan fingerprint density at radius 3 is 1.27 bits per heavy atom. The molecule has 0 aromatic carbocycles. The van der Waals surface area contributed by atoms with Crippen molar-refractivity contribution in [1.29, 1.82) is 0 Å². The van der Waals surface area contributed by atoms with Gasteiger partial charge in [-0.3, -0.25) is 9.59 Å². The maximum absolute atomic E-state index is 11.6. The van der Waals surface area contributed by atoms with E-state index in [1.165, 1.54) is 0 Å². The van der Waals surface area contributed by atoms with Gasteiger partial charge in [0.15, 0.2) is 16.6 Å². The third kappa shape index (κ3) is 26.7. The highest BCUT2D eigenvalue weighted by atomic mass is 28.5. The maximum Gasteiger partial charge on any atom is 0.311 e. The lowest BCUT2D eigenvalue weighted by molar-refractivity contribution is -0.146. The van der Waals surface area contributed by atoms with E-state index in [1.807, 2.05) is 0 Å². The molecule has 0 aromatic heterocycles. The number of unbranched alkanes of at least 4 members (excludes halogenated alkanes) is 4. The number of hydrogen-bond donors (Lipinski definition) is 2. The quantitative estimate of drug-likeness (QED) is 0.0674. The smallest absolute Gasteiger partial charge is 0.311 e. The van der Waals surface area contributed by atoms with Crippen molar-refractivity contribution in [3.8, 4) is 0 Å². The largest absolute Gasteiger partial charge is 0.463 e. The summed E-state index contributed by atoms with van der Waals surface area (Å²) in [6.07, 6.45) is 7.16. The fraction of sp³-hybridized carbons (Fsp3) is 0.929. The van der Waals surface area contributed by atoms with Crippen LogP contribution in [0.2, 0.25) is 51.4 Å². The van der Waals surface area contributed by atoms with E-state index in [4.69, 9.17) is 37.4 Å². The summed E-state index contributed by atoms with van der Waals surface area (Å²) in [6.45, 7) is 16.1. The summed E-state index contributed by atoms with van der Waals surface area (Å²) in [4.78, 5) is 23.3. The van der Waals surface area contributed by atoms with Gasteiger partial charge in [0.1, 0.15) is 13.2 Å². The molecule has 0 fully saturated rings. The summed E-state index contributed by atoms with van der Waals surface area (Å²) < 4.78 is 35.0. The van der Waals surface area contributed by atoms with Crippen LogP contribution in [-0.4, -0.2) is 100 Å². The Bertz CT molecular complexity index is 624. The Hall–Kier alpha value is -0.649. The van der Waals surface area contributed by atoms with Crippen molar-refractivity contribution in [2.75, 3.05) is 52.9 Å². The third-order valence-corrected chi connectivity index (χ3v) is 17.7. The predicted molar refractivity (Wildman–Crippen MR) is 168 cm³/mol. The lowest BCUT2D eigenvalue weighted by atomic mass is 10.2. The Balaban J connectivity index is 4.01. The minimum atomic E-state index is -2.30. The van der Waals surface area contributed by atoms with E-state index >= 15 is 0 Å². The summed E-state index contributed by atoms with van der Waals surface area (Å²) in [5, 5.41) is 17.5. The first kappa shape index (κ1) is 40.4. The molecule has 244 valence electrons. The van der Waals surface area contributed by atoms with Crippen LogP contribution in [0.5, 0.6) is 0 Å². The van der Waals surface area contributed by atoms with Gasteiger partial charge >= 0.3 is 20.5 Å². The van der Waals surface area contributed by atoms with Crippen molar-refractivity contribution in [3.05, 3.63) is 0 Å². The molecule has 0 rings (SSSR count). The van der Waals surface area contributed by atoms with Crippen LogP contribution in [0.4, 0.5) is 0 Å². The summed E-state index contributed by atoms with van der Waals surface area (Å²) in [5.74, 6) is -0.417. The van der Waals surface area contributed by atoms with E-state index in [2.05, 4.69) is 39.3 Å². The van der Waals surface area contributed by atoms with Crippen LogP contribution in [-0.2, 0) is 36.8 Å². The van der Waals surface area contributed by atoms with Crippen LogP contribution in [0.1, 0.15) is 64.2 Å². The highest BCUT2D eigenvalue weighted by Gasteiger charge is 2.39. The molecule has 0 unspecified atom stereocenters. The molecule has 0 spiro atoms. The van der Waals surface area contributed by atoms with E-state index < -0.39 is 25.2 Å². The summed E-state index contributed by atoms with van der Waals surface area (Å²) in [7, 11) is -6.14. The molecular formula is C28H60O10Si3. The first-order chi connectivity index (χ1) is 19.3. The van der Waals surface area contributed by atoms with Gasteiger partial charge in [-0.05, 0) is 89.9 Å². The van der Waals surface area contributed by atoms with Crippen LogP contribution >= 0.6 is 0 Å². The second kappa shape index (κ2) is 23.8. The molecular weight excluding hydrogens is 581 g/mol. The van der Waals surface area contributed by atoms with Crippen molar-refractivity contribution in [2.24, 2.45) is 0 Å². The average Bonchev–Trinajstić information content (AvgIpc) is 2.86. The van der Waals surface area contributed by atoms with E-state index in [9.17, 15) is 9.59 Å². The average molecular weight is 641 g/mol. The lowest BCUT2D eigenvalue weighted by Crippen LogP contribution is -2.52. The summed E-state index contributed by atoms with van der Waals surface area (Å²) in [5.41, 5.74) is 0. The summed E-state index contributed by atoms with van der Waals surface area (Å²) in [6, 6.07) is 1.95. The standard InChI is InChI=1S/C28H60O10Si3/c1-39(2,25-13-19-33-21-23-35-27(31)15-9-7-11-17-29)37-41(5,6)38-40(3,4)26-14-20-34-22-24-36-28(32)16-10-8-12-18-30/h29-30H,7-26H2,1-6H3. The molecule has 0 aliphatic rings. The minimum Gasteiger partial charge on any atom is -0.463 e. The molecule has 13 heteroatoms. The molecule has 0 saturated carbocycles. The third-order valence-electron chi connectivity index (χ3n) is 6.24. The first-order valence-electron chi connectivity index (χ1n) is 15.4. The van der Waals surface area contributed by atoms with Gasteiger partial charge in [0.2, 0.25) is 0 Å². The number of hydrogen-bond acceptors (Lipinski definition) is 10. The molecule has 0 aliphatic carbocycles. The molecule has 0 atom stereocenters. The second-order valence-corrected chi connectivity index (χ2v) is 24.5. The van der Waals surface area contributed by atoms with E-state index in [-0.39, 0.29) is 38.4 Å². The van der Waals surface area contributed by atoms with Crippen molar-refractivity contribution >= 4 is 37.1 Å². The number of ether oxygens (including phenoxy) is 4. The number of aliphatic hydroxyl groups is 2. The molecule has 0 heterocycles. The fourth-order valence-electron chi connectivity index (χ4n) is 4.55. The van der Waals surface area contributed by atoms with Crippen molar-refractivity contribution in [1.82, 2.24) is 0 Å². The number of carbonyl (C=O) groups excluding carboxylic acids is 2. The van der Waals surface area contributed by atoms with Gasteiger partial charge in [0.25, 0.3) is 0 Å². The van der Waals surface area contributed by atoms with Crippen LogP contribution < -0.4 is 0 Å². The van der Waals surface area contributed by atoms with Crippen LogP contribution in [0, 0.1) is 0 Å². The number of aliphatic hydroxyl groups excluding tert-OH is 2. The van der Waals surface area contributed by atoms with Gasteiger partial charge in [-0.15, -0.1) is 0 Å². The molecule has 2 N–H and O–H groups in total. The molecule has 41 heavy (non-hydrogen) atoms. The maximum atomic E-state index is 11.6. The second-order valence-electron chi connectivity index (χ2n) is 12.1. The normalized spacial score (nSPS) is 12.5. The number of carbonyl (C=O) groups is 2. The zero-order chi connectivity index (χ0) is 31.0. The molecule has 0 aromatic rings. The van der Waals surface area contributed by atoms with E-state index in [0.717, 1.165) is 63.5 Å². The number of esters is 2. The zero-order valence-electron chi connectivity index (χ0n) is 26.8. The summed E-state index contributed by atoms with van der Waals surface area (Å²) >= 11 is 0. The van der Waals surface area contributed by atoms with Crippen molar-refractivity contribution in [3.63, 3.8) is 0 Å². The van der Waals surface area contributed by atoms with Gasteiger partial charge in [-0.2, -0.15) is 0 Å². The van der Waals surface area contributed by atoms with Crippen LogP contribution in [0.3, 0.4) is 0 Å². The highest BCUT2D eigenvalue weighted by molar-refractivity contribution is 6.87. The monoisotopic (exact) mass is 640 g/mol. The molecule has 0 aliphatic heterocycles. The Morgan fingerprint density at radius 1 is 0.512 bits per heavy atom. The Labute approximate surface area is 252 Å². The predicted octanol–water partition coefficient (Wildman–Crippen LogP) is 5.14. The van der Waals surface area contributed by atoms with Crippen molar-refractivity contribution in [2.45, 2.75) is 116 Å². The molecule has 0 bridgehead atoms. The van der Waals surface area contributed by atoms with Crippen LogP contribution in [0.15, 0.2) is 0 Å². The zero-order valence-corrected chi connectivity index (χ0v) is 29.8. The topological polar surface area (TPSA) is 130 Å². The van der Waals surface area contributed by atoms with Gasteiger partial charge < -0.3 is 37.4 Å². The molecule has 0 radical (unpaired) electrons. The fourth-order valence-corrected chi connectivity index (χ4v) is 18.5. The van der Waals surface area contributed by atoms with E-state index in [1.54, 1.807) is 0 Å².